The smallest absolute Gasteiger partial charge is 0.407 e. The highest BCUT2D eigenvalue weighted by molar-refractivity contribution is 9.10. The molecule has 0 aliphatic heterocycles. The van der Waals surface area contributed by atoms with E-state index in [1.54, 1.807) is 39.8 Å². The quantitative estimate of drug-likeness (QED) is 0.786. The molecule has 0 fully saturated rings. The molecule has 0 spiro atoms. The van der Waals surface area contributed by atoms with Crippen LogP contribution in [0.25, 0.3) is 0 Å². The zero-order chi connectivity index (χ0) is 15.5. The number of aromatic hydroxyl groups is 1. The number of hydrogen-bond donors (Lipinski definition) is 3. The fraction of sp³-hybridized carbons (Fsp3) is 0.500. The van der Waals surface area contributed by atoms with Gasteiger partial charge in [0.2, 0.25) is 0 Å². The first kappa shape index (κ1) is 16.8. The molecule has 0 saturated carbocycles. The van der Waals surface area contributed by atoms with Crippen molar-refractivity contribution < 1.29 is 19.7 Å². The number of hydrogen-bond acceptors (Lipinski definition) is 4. The molecule has 0 aliphatic rings. The fourth-order valence-electron chi connectivity index (χ4n) is 1.57. The maximum Gasteiger partial charge on any atom is 0.407 e. The van der Waals surface area contributed by atoms with Crippen molar-refractivity contribution in [1.82, 2.24) is 5.32 Å². The number of rotatable bonds is 3. The largest absolute Gasteiger partial charge is 0.507 e. The van der Waals surface area contributed by atoms with E-state index < -0.39 is 23.8 Å². The van der Waals surface area contributed by atoms with Crippen LogP contribution in [0.1, 0.15) is 39.4 Å². The number of aliphatic hydroxyl groups is 1. The van der Waals surface area contributed by atoms with Crippen LogP contribution in [0.3, 0.4) is 0 Å². The molecule has 0 unspecified atom stereocenters. The second-order valence-corrected chi connectivity index (χ2v) is 6.44. The third-order valence-corrected chi connectivity index (χ3v) is 3.20. The number of amides is 1. The topological polar surface area (TPSA) is 78.8 Å². The number of halogens is 1. The number of nitrogens with one attached hydrogen (secondary N) is 1. The van der Waals surface area contributed by atoms with Crippen LogP contribution in [-0.4, -0.2) is 27.9 Å². The number of ether oxygens (including phenoxy) is 1. The molecule has 0 aliphatic carbocycles. The molecular formula is C14H20BrNO4. The van der Waals surface area contributed by atoms with Gasteiger partial charge in [0.15, 0.2) is 0 Å². The first-order chi connectivity index (χ1) is 9.10. The number of phenolic OH excluding ortho intramolecular Hbond substituents is 1. The van der Waals surface area contributed by atoms with Crippen LogP contribution in [0, 0.1) is 0 Å². The average Bonchev–Trinajstić information content (AvgIpc) is 2.29. The van der Waals surface area contributed by atoms with E-state index in [2.05, 4.69) is 21.2 Å². The third-order valence-electron chi connectivity index (χ3n) is 2.53. The lowest BCUT2D eigenvalue weighted by atomic mass is 10.0. The number of carbonyl (C=O) groups is 1. The van der Waals surface area contributed by atoms with Crippen molar-refractivity contribution in [3.8, 4) is 5.75 Å². The summed E-state index contributed by atoms with van der Waals surface area (Å²) in [6, 6.07) is 4.20. The summed E-state index contributed by atoms with van der Waals surface area (Å²) in [5.41, 5.74) is -0.0841. The van der Waals surface area contributed by atoms with Gasteiger partial charge in [-0.1, -0.05) is 6.07 Å². The molecular weight excluding hydrogens is 326 g/mol. The van der Waals surface area contributed by atoms with E-state index in [-0.39, 0.29) is 5.75 Å². The molecule has 1 aromatic carbocycles. The van der Waals surface area contributed by atoms with Gasteiger partial charge < -0.3 is 20.3 Å². The number of benzene rings is 1. The summed E-state index contributed by atoms with van der Waals surface area (Å²) in [4.78, 5) is 11.6. The molecule has 2 atom stereocenters. The van der Waals surface area contributed by atoms with E-state index >= 15 is 0 Å². The number of aliphatic hydroxyl groups excluding tert-OH is 1. The minimum absolute atomic E-state index is 0.0334. The predicted octanol–water partition coefficient (Wildman–Crippen LogP) is 3.10. The first-order valence-corrected chi connectivity index (χ1v) is 7.05. The van der Waals surface area contributed by atoms with Gasteiger partial charge in [-0.05, 0) is 61.3 Å². The molecule has 0 aromatic heterocycles. The summed E-state index contributed by atoms with van der Waals surface area (Å²) in [7, 11) is 0. The maximum absolute atomic E-state index is 11.6. The Labute approximate surface area is 127 Å². The minimum Gasteiger partial charge on any atom is -0.507 e. The third kappa shape index (κ3) is 5.02. The molecule has 0 saturated heterocycles. The summed E-state index contributed by atoms with van der Waals surface area (Å²) in [6.07, 6.45) is -1.54. The van der Waals surface area contributed by atoms with Gasteiger partial charge in [0.1, 0.15) is 11.4 Å². The van der Waals surface area contributed by atoms with Crippen molar-refractivity contribution in [2.24, 2.45) is 0 Å². The number of alkyl carbamates (subject to hydrolysis) is 1. The Bertz CT molecular complexity index is 485. The molecule has 0 radical (unpaired) electrons. The van der Waals surface area contributed by atoms with Crippen LogP contribution < -0.4 is 5.32 Å². The van der Waals surface area contributed by atoms with Crippen LogP contribution in [0.2, 0.25) is 0 Å². The highest BCUT2D eigenvalue weighted by Gasteiger charge is 2.22. The number of phenols is 1. The van der Waals surface area contributed by atoms with Gasteiger partial charge >= 0.3 is 6.09 Å². The Kier molecular flexibility index (Phi) is 5.42. The van der Waals surface area contributed by atoms with Crippen molar-refractivity contribution in [2.45, 2.75) is 45.4 Å². The summed E-state index contributed by atoms with van der Waals surface area (Å²) in [5, 5.41) is 22.3. The molecule has 3 N–H and O–H groups in total. The van der Waals surface area contributed by atoms with E-state index in [1.807, 2.05) is 0 Å². The molecule has 112 valence electrons. The van der Waals surface area contributed by atoms with Crippen molar-refractivity contribution in [3.05, 3.63) is 28.2 Å². The highest BCUT2D eigenvalue weighted by atomic mass is 79.9. The van der Waals surface area contributed by atoms with Gasteiger partial charge in [-0.25, -0.2) is 4.79 Å². The zero-order valence-electron chi connectivity index (χ0n) is 12.0. The van der Waals surface area contributed by atoms with E-state index in [4.69, 9.17) is 4.74 Å². The monoisotopic (exact) mass is 345 g/mol. The fourth-order valence-corrected chi connectivity index (χ4v) is 1.82. The van der Waals surface area contributed by atoms with Gasteiger partial charge in [-0.3, -0.25) is 0 Å². The van der Waals surface area contributed by atoms with E-state index in [1.165, 1.54) is 6.07 Å². The van der Waals surface area contributed by atoms with Crippen LogP contribution in [0.15, 0.2) is 22.7 Å². The second kappa shape index (κ2) is 6.45. The molecule has 1 rings (SSSR count). The highest BCUT2D eigenvalue weighted by Crippen LogP contribution is 2.28. The molecule has 6 heteroatoms. The Morgan fingerprint density at radius 1 is 1.40 bits per heavy atom. The van der Waals surface area contributed by atoms with Crippen molar-refractivity contribution >= 4 is 22.0 Å². The average molecular weight is 346 g/mol. The van der Waals surface area contributed by atoms with Crippen LogP contribution in [0.4, 0.5) is 4.79 Å². The van der Waals surface area contributed by atoms with Gasteiger partial charge in [0.05, 0.1) is 16.6 Å². The summed E-state index contributed by atoms with van der Waals surface area (Å²) in [5.74, 6) is 0.0334. The molecule has 5 nitrogen and oxygen atoms in total. The molecule has 0 bridgehead atoms. The lowest BCUT2D eigenvalue weighted by Gasteiger charge is -2.24. The summed E-state index contributed by atoms with van der Waals surface area (Å²) >= 11 is 3.17. The Balaban J connectivity index is 2.69. The Hall–Kier alpha value is -1.27. The number of carbonyl (C=O) groups excluding carboxylic acids is 1. The Morgan fingerprint density at radius 3 is 2.50 bits per heavy atom. The lowest BCUT2D eigenvalue weighted by molar-refractivity contribution is 0.0435. The van der Waals surface area contributed by atoms with Crippen LogP contribution >= 0.6 is 15.9 Å². The second-order valence-electron chi connectivity index (χ2n) is 5.59. The van der Waals surface area contributed by atoms with Crippen LogP contribution in [0.5, 0.6) is 5.75 Å². The molecule has 0 heterocycles. The normalized spacial score (nSPS) is 14.5. The van der Waals surface area contributed by atoms with Crippen molar-refractivity contribution in [2.75, 3.05) is 0 Å². The predicted molar refractivity (Wildman–Crippen MR) is 79.6 cm³/mol. The molecule has 20 heavy (non-hydrogen) atoms. The molecule has 1 aromatic rings. The Morgan fingerprint density at radius 2 is 2.00 bits per heavy atom. The van der Waals surface area contributed by atoms with Gasteiger partial charge in [0.25, 0.3) is 0 Å². The van der Waals surface area contributed by atoms with Crippen molar-refractivity contribution in [1.29, 1.82) is 0 Å². The summed E-state index contributed by atoms with van der Waals surface area (Å²) < 4.78 is 5.66. The van der Waals surface area contributed by atoms with Gasteiger partial charge in [-0.2, -0.15) is 0 Å². The molecule has 1 amide bonds. The first-order valence-electron chi connectivity index (χ1n) is 6.26. The lowest BCUT2D eigenvalue weighted by Crippen LogP contribution is -2.40. The van der Waals surface area contributed by atoms with Gasteiger partial charge in [0, 0.05) is 0 Å². The van der Waals surface area contributed by atoms with E-state index in [0.29, 0.717) is 10.0 Å². The minimum atomic E-state index is -0.943. The summed E-state index contributed by atoms with van der Waals surface area (Å²) in [6.45, 7) is 6.95. The SMILES string of the molecule is C[C@H](NC(=O)OC(C)(C)C)[C@H](O)c1ccc(Br)c(O)c1. The zero-order valence-corrected chi connectivity index (χ0v) is 13.6. The maximum atomic E-state index is 11.6. The van der Waals surface area contributed by atoms with Crippen molar-refractivity contribution in [3.63, 3.8) is 0 Å². The van der Waals surface area contributed by atoms with E-state index in [0.717, 1.165) is 0 Å². The van der Waals surface area contributed by atoms with Gasteiger partial charge in [-0.15, -0.1) is 0 Å². The van der Waals surface area contributed by atoms with Crippen LogP contribution in [-0.2, 0) is 4.74 Å². The standard InChI is InChI=1S/C14H20BrNO4/c1-8(16-13(19)20-14(2,3)4)12(18)9-5-6-10(15)11(17)7-9/h5-8,12,17-18H,1-4H3,(H,16,19)/t8-,12-/m0/s1. The van der Waals surface area contributed by atoms with E-state index in [9.17, 15) is 15.0 Å².